The van der Waals surface area contributed by atoms with E-state index in [1.54, 1.807) is 34.6 Å². The molecule has 0 aromatic heterocycles. The molecule has 35 heavy (non-hydrogen) atoms. The average molecular weight is 490 g/mol. The zero-order valence-corrected chi connectivity index (χ0v) is 20.4. The molecule has 0 saturated carbocycles. The number of methoxy groups -OCH3 is 1. The predicted octanol–water partition coefficient (Wildman–Crippen LogP) is 3.80. The Kier molecular flexibility index (Phi) is 6.01. The van der Waals surface area contributed by atoms with Crippen LogP contribution in [0.5, 0.6) is 5.75 Å². The lowest BCUT2D eigenvalue weighted by Crippen LogP contribution is -2.48. The van der Waals surface area contributed by atoms with Crippen LogP contribution in [0.25, 0.3) is 11.1 Å². The third kappa shape index (κ3) is 3.76. The topological polar surface area (TPSA) is 93.9 Å². The van der Waals surface area contributed by atoms with Gasteiger partial charge in [-0.25, -0.2) is 8.42 Å². The van der Waals surface area contributed by atoms with Gasteiger partial charge >= 0.3 is 0 Å². The van der Waals surface area contributed by atoms with Gasteiger partial charge in [-0.15, -0.1) is 0 Å². The molecule has 1 fully saturated rings. The second-order valence-electron chi connectivity index (χ2n) is 8.99. The number of rotatable bonds is 5. The van der Waals surface area contributed by atoms with E-state index in [1.165, 1.54) is 7.11 Å². The van der Waals surface area contributed by atoms with Gasteiger partial charge in [-0.05, 0) is 59.5 Å². The molecule has 5 rings (SSSR count). The number of likely N-dealkylation sites (N-methyl/N-ethyl adjacent to an activating group) is 1. The fraction of sp³-hybridized carbons (Fsp3) is 0.296. The van der Waals surface area contributed by atoms with Gasteiger partial charge in [0.15, 0.2) is 0 Å². The van der Waals surface area contributed by atoms with E-state index in [-0.39, 0.29) is 23.5 Å². The van der Waals surface area contributed by atoms with E-state index in [2.05, 4.69) is 11.0 Å². The number of para-hydroxylation sites is 1. The lowest BCUT2D eigenvalue weighted by Gasteiger charge is -2.44. The average Bonchev–Trinajstić information content (AvgIpc) is 3.35. The molecule has 0 amide bonds. The Morgan fingerprint density at radius 3 is 2.60 bits per heavy atom. The standard InChI is InChI=1S/C27H27N3O4S/c1-29-23-11-10-20(19-7-5-6-18(14-19)16-28)15-22(23)27-21(24(29)17-31)12-13-30(27)35(32,33)26-9-4-3-8-25(26)34-2/h3-11,14-15,21,24,27,31H,12-13,17H2,1-2H3/t21-,24+,27-/m1/s1. The van der Waals surface area contributed by atoms with E-state index in [0.717, 1.165) is 22.4 Å². The minimum absolute atomic E-state index is 0.0639. The summed E-state index contributed by atoms with van der Waals surface area (Å²) in [7, 11) is -0.451. The van der Waals surface area contributed by atoms with Gasteiger partial charge in [0, 0.05) is 25.2 Å². The maximum atomic E-state index is 13.9. The van der Waals surface area contributed by atoms with Crippen molar-refractivity contribution in [2.45, 2.75) is 23.4 Å². The van der Waals surface area contributed by atoms with Crippen molar-refractivity contribution >= 4 is 15.7 Å². The molecule has 0 radical (unpaired) electrons. The zero-order valence-electron chi connectivity index (χ0n) is 19.6. The Morgan fingerprint density at radius 1 is 1.09 bits per heavy atom. The SMILES string of the molecule is COc1ccccc1S(=O)(=O)N1CC[C@@H]2[C@H](CO)N(C)c3ccc(-c4cccc(C#N)c4)cc3[C@@H]21. The maximum Gasteiger partial charge on any atom is 0.247 e. The van der Waals surface area contributed by atoms with E-state index in [9.17, 15) is 18.8 Å². The lowest BCUT2D eigenvalue weighted by atomic mass is 9.81. The number of aliphatic hydroxyl groups is 1. The summed E-state index contributed by atoms with van der Waals surface area (Å²) in [4.78, 5) is 2.20. The van der Waals surface area contributed by atoms with Crippen LogP contribution in [0, 0.1) is 17.2 Å². The highest BCUT2D eigenvalue weighted by atomic mass is 32.2. The summed E-state index contributed by atoms with van der Waals surface area (Å²) >= 11 is 0. The summed E-state index contributed by atoms with van der Waals surface area (Å²) in [6.45, 7) is 0.291. The predicted molar refractivity (Wildman–Crippen MR) is 134 cm³/mol. The van der Waals surface area contributed by atoms with Crippen LogP contribution in [0.3, 0.4) is 0 Å². The Morgan fingerprint density at radius 2 is 1.86 bits per heavy atom. The van der Waals surface area contributed by atoms with Gasteiger partial charge in [-0.3, -0.25) is 0 Å². The summed E-state index contributed by atoms with van der Waals surface area (Å²) in [5.74, 6) is 0.243. The van der Waals surface area contributed by atoms with Crippen molar-refractivity contribution in [2.75, 3.05) is 32.2 Å². The fourth-order valence-corrected chi connectivity index (χ4v) is 7.41. The summed E-state index contributed by atoms with van der Waals surface area (Å²) in [6, 6.07) is 21.6. The highest BCUT2D eigenvalue weighted by Crippen LogP contribution is 2.51. The molecular weight excluding hydrogens is 462 g/mol. The molecule has 2 heterocycles. The molecule has 3 aromatic rings. The second kappa shape index (κ2) is 9.00. The summed E-state index contributed by atoms with van der Waals surface area (Å²) in [5.41, 5.74) is 4.17. The largest absolute Gasteiger partial charge is 0.495 e. The van der Waals surface area contributed by atoms with Gasteiger partial charge in [-0.2, -0.15) is 9.57 Å². The Labute approximate surface area is 205 Å². The summed E-state index contributed by atoms with van der Waals surface area (Å²) < 4.78 is 34.8. The van der Waals surface area contributed by atoms with Crippen LogP contribution in [0.2, 0.25) is 0 Å². The molecule has 0 spiro atoms. The van der Waals surface area contributed by atoms with Crippen LogP contribution < -0.4 is 9.64 Å². The first-order valence-corrected chi connectivity index (χ1v) is 13.0. The highest BCUT2D eigenvalue weighted by Gasteiger charge is 2.50. The van der Waals surface area contributed by atoms with Gasteiger partial charge < -0.3 is 14.7 Å². The van der Waals surface area contributed by atoms with Crippen LogP contribution >= 0.6 is 0 Å². The van der Waals surface area contributed by atoms with Crippen molar-refractivity contribution in [2.24, 2.45) is 5.92 Å². The minimum atomic E-state index is -3.87. The Balaban J connectivity index is 1.66. The molecular formula is C27H27N3O4S. The van der Waals surface area contributed by atoms with Gasteiger partial charge in [0.1, 0.15) is 10.6 Å². The Hall–Kier alpha value is -3.38. The molecule has 0 unspecified atom stereocenters. The first-order valence-electron chi connectivity index (χ1n) is 11.5. The Bertz CT molecular complexity index is 1420. The monoisotopic (exact) mass is 489 g/mol. The molecule has 180 valence electrons. The van der Waals surface area contributed by atoms with Crippen molar-refractivity contribution in [1.29, 1.82) is 5.26 Å². The van der Waals surface area contributed by atoms with Gasteiger partial charge in [-0.1, -0.05) is 30.3 Å². The van der Waals surface area contributed by atoms with Crippen molar-refractivity contribution in [1.82, 2.24) is 4.31 Å². The van der Waals surface area contributed by atoms with Gasteiger partial charge in [0.25, 0.3) is 0 Å². The van der Waals surface area contributed by atoms with Gasteiger partial charge in [0.05, 0.1) is 37.4 Å². The smallest absolute Gasteiger partial charge is 0.247 e. The first kappa shape index (κ1) is 23.4. The molecule has 0 bridgehead atoms. The van der Waals surface area contributed by atoms with Crippen molar-refractivity contribution in [3.63, 3.8) is 0 Å². The third-order valence-electron chi connectivity index (χ3n) is 7.28. The molecule has 2 aliphatic heterocycles. The fourth-order valence-electron chi connectivity index (χ4n) is 5.59. The summed E-state index contributed by atoms with van der Waals surface area (Å²) in [6.07, 6.45) is 0.641. The molecule has 0 aliphatic carbocycles. The number of hydrogen-bond acceptors (Lipinski definition) is 6. The molecule has 1 saturated heterocycles. The van der Waals surface area contributed by atoms with E-state index < -0.39 is 16.1 Å². The van der Waals surface area contributed by atoms with E-state index in [4.69, 9.17) is 4.74 Å². The molecule has 2 aliphatic rings. The second-order valence-corrected chi connectivity index (χ2v) is 10.8. The number of nitrogens with zero attached hydrogens (tertiary/aromatic N) is 3. The van der Waals surface area contributed by atoms with Crippen molar-refractivity contribution in [3.05, 3.63) is 77.9 Å². The number of hydrogen-bond donors (Lipinski definition) is 1. The van der Waals surface area contributed by atoms with Crippen LogP contribution in [0.4, 0.5) is 5.69 Å². The van der Waals surface area contributed by atoms with Crippen molar-refractivity contribution < 1.29 is 18.3 Å². The van der Waals surface area contributed by atoms with E-state index >= 15 is 0 Å². The van der Waals surface area contributed by atoms with Crippen LogP contribution in [-0.2, 0) is 10.0 Å². The third-order valence-corrected chi connectivity index (χ3v) is 9.20. The molecule has 3 aromatic carbocycles. The number of nitriles is 1. The maximum absolute atomic E-state index is 13.9. The first-order chi connectivity index (χ1) is 16.9. The van der Waals surface area contributed by atoms with Crippen molar-refractivity contribution in [3.8, 4) is 22.9 Å². The zero-order chi connectivity index (χ0) is 24.7. The van der Waals surface area contributed by atoms with Crippen LogP contribution in [0.15, 0.2) is 71.6 Å². The number of ether oxygens (including phenoxy) is 1. The number of aliphatic hydroxyl groups excluding tert-OH is 1. The minimum Gasteiger partial charge on any atom is -0.495 e. The number of benzene rings is 3. The molecule has 7 nitrogen and oxygen atoms in total. The number of fused-ring (bicyclic) bond motifs is 3. The van der Waals surface area contributed by atoms with Crippen LogP contribution in [0.1, 0.15) is 23.6 Å². The normalized spacial score (nSPS) is 21.8. The highest BCUT2D eigenvalue weighted by molar-refractivity contribution is 7.89. The molecule has 8 heteroatoms. The number of anilines is 1. The van der Waals surface area contributed by atoms with Gasteiger partial charge in [0.2, 0.25) is 10.0 Å². The molecule has 3 atom stereocenters. The number of sulfonamides is 1. The summed E-state index contributed by atoms with van der Waals surface area (Å²) in [5, 5.41) is 19.6. The quantitative estimate of drug-likeness (QED) is 0.586. The van der Waals surface area contributed by atoms with Crippen LogP contribution in [-0.4, -0.2) is 51.2 Å². The molecule has 1 N–H and O–H groups in total. The lowest BCUT2D eigenvalue weighted by molar-refractivity contribution is 0.193. The van der Waals surface area contributed by atoms with E-state index in [1.807, 2.05) is 43.4 Å². The van der Waals surface area contributed by atoms with E-state index in [0.29, 0.717) is 24.3 Å².